The first kappa shape index (κ1) is 6.09. The van der Waals surface area contributed by atoms with E-state index in [1.54, 1.807) is 12.1 Å². The standard InChI is InChI=1S/C8H6N2O/c1-2-8(11)10-6-4-3-5-7(10)9-6/h2-5H,1H2. The number of fused-ring (bicyclic) bond motifs is 2. The van der Waals surface area contributed by atoms with Crippen molar-refractivity contribution >= 4 is 17.5 Å². The van der Waals surface area contributed by atoms with Crippen LogP contribution >= 0.6 is 0 Å². The van der Waals surface area contributed by atoms with Crippen LogP contribution in [0.2, 0.25) is 0 Å². The topological polar surface area (TPSA) is 33.2 Å². The molecule has 0 atom stereocenters. The van der Waals surface area contributed by atoms with E-state index < -0.39 is 0 Å². The molecule has 0 fully saturated rings. The van der Waals surface area contributed by atoms with Crippen LogP contribution in [0.25, 0.3) is 0 Å². The van der Waals surface area contributed by atoms with Gasteiger partial charge in [-0.1, -0.05) is 12.6 Å². The van der Waals surface area contributed by atoms with Gasteiger partial charge in [0.2, 0.25) is 0 Å². The smallest absolute Gasteiger partial charge is 0.257 e. The molecule has 0 saturated heterocycles. The summed E-state index contributed by atoms with van der Waals surface area (Å²) in [7, 11) is 0. The van der Waals surface area contributed by atoms with Gasteiger partial charge in [-0.2, -0.15) is 0 Å². The normalized spacial score (nSPS) is 12.2. The molecule has 0 aromatic carbocycles. The molecule has 1 aromatic heterocycles. The first-order valence-electron chi connectivity index (χ1n) is 3.26. The zero-order chi connectivity index (χ0) is 7.84. The quantitative estimate of drug-likeness (QED) is 0.558. The van der Waals surface area contributed by atoms with Crippen molar-refractivity contribution in [1.82, 2.24) is 4.98 Å². The van der Waals surface area contributed by atoms with Gasteiger partial charge in [0.15, 0.2) is 0 Å². The molecule has 2 aliphatic heterocycles. The summed E-state index contributed by atoms with van der Waals surface area (Å²) >= 11 is 0. The van der Waals surface area contributed by atoms with Crippen LogP contribution in [0.3, 0.4) is 0 Å². The third-order valence-corrected chi connectivity index (χ3v) is 1.57. The molecule has 0 N–H and O–H groups in total. The van der Waals surface area contributed by atoms with Gasteiger partial charge in [-0.15, -0.1) is 0 Å². The number of carbonyl (C=O) groups is 1. The number of pyridine rings is 1. The van der Waals surface area contributed by atoms with Gasteiger partial charge >= 0.3 is 0 Å². The third-order valence-electron chi connectivity index (χ3n) is 1.57. The Labute approximate surface area is 64.0 Å². The van der Waals surface area contributed by atoms with E-state index in [0.29, 0.717) is 11.6 Å². The molecule has 11 heavy (non-hydrogen) atoms. The summed E-state index contributed by atoms with van der Waals surface area (Å²) in [5.74, 6) is 1.28. The van der Waals surface area contributed by atoms with Crippen molar-refractivity contribution in [2.75, 3.05) is 4.90 Å². The predicted molar refractivity (Wildman–Crippen MR) is 41.6 cm³/mol. The van der Waals surface area contributed by atoms with Crippen LogP contribution in [0.1, 0.15) is 0 Å². The fourth-order valence-corrected chi connectivity index (χ4v) is 1.05. The number of carbonyl (C=O) groups excluding carboxylic acids is 1. The van der Waals surface area contributed by atoms with E-state index in [1.165, 1.54) is 11.0 Å². The second-order valence-electron chi connectivity index (χ2n) is 2.23. The van der Waals surface area contributed by atoms with Crippen LogP contribution in [0.4, 0.5) is 11.6 Å². The van der Waals surface area contributed by atoms with Crippen LogP contribution in [-0.4, -0.2) is 10.9 Å². The molecule has 0 aliphatic carbocycles. The van der Waals surface area contributed by atoms with Crippen LogP contribution in [0, 0.1) is 0 Å². The Morgan fingerprint density at radius 2 is 2.18 bits per heavy atom. The third kappa shape index (κ3) is 0.676. The minimum absolute atomic E-state index is 0.120. The molecule has 0 saturated carbocycles. The molecule has 54 valence electrons. The average molecular weight is 146 g/mol. The molecule has 0 unspecified atom stereocenters. The number of hydrogen-bond donors (Lipinski definition) is 0. The van der Waals surface area contributed by atoms with Crippen molar-refractivity contribution in [2.45, 2.75) is 0 Å². The summed E-state index contributed by atoms with van der Waals surface area (Å²) in [6.45, 7) is 3.39. The SMILES string of the molecule is C=CC(=O)N1c2cccc1n2. The summed E-state index contributed by atoms with van der Waals surface area (Å²) in [6.07, 6.45) is 1.28. The maximum absolute atomic E-state index is 11.1. The summed E-state index contributed by atoms with van der Waals surface area (Å²) in [5.41, 5.74) is 0. The summed E-state index contributed by atoms with van der Waals surface area (Å²) in [6, 6.07) is 5.44. The molecule has 1 aromatic rings. The lowest BCUT2D eigenvalue weighted by Crippen LogP contribution is -2.31. The van der Waals surface area contributed by atoms with Gasteiger partial charge in [0.05, 0.1) is 0 Å². The highest BCUT2D eigenvalue weighted by molar-refractivity contribution is 6.08. The minimum atomic E-state index is -0.120. The first-order chi connectivity index (χ1) is 5.33. The highest BCUT2D eigenvalue weighted by atomic mass is 16.2. The van der Waals surface area contributed by atoms with Crippen LogP contribution in [0.5, 0.6) is 0 Å². The molecule has 3 heterocycles. The van der Waals surface area contributed by atoms with Crippen LogP contribution in [0.15, 0.2) is 30.9 Å². The maximum atomic E-state index is 11.1. The second kappa shape index (κ2) is 1.92. The van der Waals surface area contributed by atoms with Crippen molar-refractivity contribution in [3.8, 4) is 0 Å². The number of anilines is 2. The molecule has 0 radical (unpaired) electrons. The molecule has 3 heteroatoms. The summed E-state index contributed by atoms with van der Waals surface area (Å²) in [5, 5.41) is 0. The molecule has 0 spiro atoms. The summed E-state index contributed by atoms with van der Waals surface area (Å²) < 4.78 is 0. The van der Waals surface area contributed by atoms with Gasteiger partial charge in [0, 0.05) is 0 Å². The maximum Gasteiger partial charge on any atom is 0.257 e. The van der Waals surface area contributed by atoms with E-state index in [2.05, 4.69) is 11.6 Å². The van der Waals surface area contributed by atoms with Crippen LogP contribution in [-0.2, 0) is 4.79 Å². The average Bonchev–Trinajstić information content (AvgIpc) is 2.05. The van der Waals surface area contributed by atoms with Crippen LogP contribution < -0.4 is 4.90 Å². The number of rotatable bonds is 1. The Balaban J connectivity index is 2.36. The summed E-state index contributed by atoms with van der Waals surface area (Å²) in [4.78, 5) is 16.6. The van der Waals surface area contributed by atoms with Gasteiger partial charge in [0.1, 0.15) is 11.6 Å². The number of hydrogen-bond acceptors (Lipinski definition) is 2. The number of nitrogens with zero attached hydrogens (tertiary/aromatic N) is 2. The van der Waals surface area contributed by atoms with E-state index in [-0.39, 0.29) is 5.91 Å². The lowest BCUT2D eigenvalue weighted by molar-refractivity contribution is -0.113. The minimum Gasteiger partial charge on any atom is -0.269 e. The van der Waals surface area contributed by atoms with Crippen molar-refractivity contribution in [3.05, 3.63) is 30.9 Å². The molecule has 3 nitrogen and oxygen atoms in total. The largest absolute Gasteiger partial charge is 0.269 e. The lowest BCUT2D eigenvalue weighted by atomic mass is 10.3. The number of amides is 1. The second-order valence-corrected chi connectivity index (χ2v) is 2.23. The molecule has 2 aliphatic rings. The Morgan fingerprint density at radius 3 is 2.64 bits per heavy atom. The molecular formula is C8H6N2O. The van der Waals surface area contributed by atoms with E-state index in [1.807, 2.05) is 6.07 Å². The van der Waals surface area contributed by atoms with Crippen molar-refractivity contribution in [3.63, 3.8) is 0 Å². The van der Waals surface area contributed by atoms with E-state index >= 15 is 0 Å². The molecule has 2 bridgehead atoms. The highest BCUT2D eigenvalue weighted by Gasteiger charge is 2.25. The zero-order valence-electron chi connectivity index (χ0n) is 5.82. The Hall–Kier alpha value is -1.64. The van der Waals surface area contributed by atoms with Crippen molar-refractivity contribution in [2.24, 2.45) is 0 Å². The van der Waals surface area contributed by atoms with Gasteiger partial charge in [-0.25, -0.2) is 9.88 Å². The van der Waals surface area contributed by atoms with Gasteiger partial charge in [-0.3, -0.25) is 4.79 Å². The molecular weight excluding hydrogens is 140 g/mol. The van der Waals surface area contributed by atoms with E-state index in [9.17, 15) is 4.79 Å². The fourth-order valence-electron chi connectivity index (χ4n) is 1.05. The molecule has 3 rings (SSSR count). The van der Waals surface area contributed by atoms with Crippen molar-refractivity contribution in [1.29, 1.82) is 0 Å². The van der Waals surface area contributed by atoms with E-state index in [0.717, 1.165) is 0 Å². The van der Waals surface area contributed by atoms with Crippen molar-refractivity contribution < 1.29 is 4.79 Å². The molecule has 1 amide bonds. The van der Waals surface area contributed by atoms with E-state index in [4.69, 9.17) is 0 Å². The highest BCUT2D eigenvalue weighted by Crippen LogP contribution is 2.31. The Kier molecular flexibility index (Phi) is 1.06. The number of aromatic nitrogens is 1. The fraction of sp³-hybridized carbons (Fsp3) is 0. The zero-order valence-corrected chi connectivity index (χ0v) is 5.82. The lowest BCUT2D eigenvalue weighted by Gasteiger charge is -2.27. The monoisotopic (exact) mass is 146 g/mol. The van der Waals surface area contributed by atoms with Gasteiger partial charge < -0.3 is 0 Å². The van der Waals surface area contributed by atoms with Gasteiger partial charge in [-0.05, 0) is 18.2 Å². The first-order valence-corrected chi connectivity index (χ1v) is 3.26. The Morgan fingerprint density at radius 1 is 1.55 bits per heavy atom. The Bertz CT molecular complexity index is 306. The predicted octanol–water partition coefficient (Wildman–Crippen LogP) is 1.25. The van der Waals surface area contributed by atoms with Gasteiger partial charge in [0.25, 0.3) is 5.91 Å².